The van der Waals surface area contributed by atoms with Crippen molar-refractivity contribution in [2.75, 3.05) is 17.6 Å². The first kappa shape index (κ1) is 16.3. The average molecular weight is 376 g/mol. The Bertz CT molecular complexity index is 727. The van der Waals surface area contributed by atoms with Crippen LogP contribution in [0.1, 0.15) is 13.8 Å². The second-order valence-corrected chi connectivity index (χ2v) is 7.69. The Balaban J connectivity index is 2.24. The fourth-order valence-corrected chi connectivity index (χ4v) is 4.17. The Labute approximate surface area is 132 Å². The molecule has 0 amide bonds. The number of anilines is 1. The molecule has 116 valence electrons. The summed E-state index contributed by atoms with van der Waals surface area (Å²) in [5.41, 5.74) is 0.835. The first-order valence-electron chi connectivity index (χ1n) is 6.49. The van der Waals surface area contributed by atoms with Crippen LogP contribution in [0.25, 0.3) is 10.9 Å². The molecular formula is C13H18BrN3O3S. The summed E-state index contributed by atoms with van der Waals surface area (Å²) in [6, 6.07) is 1.85. The molecule has 1 atom stereocenters. The number of aromatic amines is 1. The molecule has 0 aliphatic rings. The highest BCUT2D eigenvalue weighted by Gasteiger charge is 2.23. The van der Waals surface area contributed by atoms with E-state index < -0.39 is 10.0 Å². The average Bonchev–Trinajstić information content (AvgIpc) is 2.88. The van der Waals surface area contributed by atoms with E-state index in [1.165, 1.54) is 7.11 Å². The van der Waals surface area contributed by atoms with E-state index in [4.69, 9.17) is 4.74 Å². The molecule has 6 nitrogen and oxygen atoms in total. The van der Waals surface area contributed by atoms with Gasteiger partial charge in [0.1, 0.15) is 0 Å². The summed E-state index contributed by atoms with van der Waals surface area (Å²) in [5, 5.41) is 0.870. The van der Waals surface area contributed by atoms with Crippen LogP contribution in [0, 0.1) is 5.92 Å². The van der Waals surface area contributed by atoms with E-state index in [-0.39, 0.29) is 23.6 Å². The number of halogens is 1. The number of hydrogen-bond donors (Lipinski definition) is 2. The summed E-state index contributed by atoms with van der Waals surface area (Å²) < 4.78 is 32.8. The van der Waals surface area contributed by atoms with Gasteiger partial charge < -0.3 is 9.72 Å². The van der Waals surface area contributed by atoms with Crippen molar-refractivity contribution in [3.8, 4) is 0 Å². The summed E-state index contributed by atoms with van der Waals surface area (Å²) >= 11 is 3.39. The molecule has 0 aliphatic carbocycles. The molecule has 21 heavy (non-hydrogen) atoms. The van der Waals surface area contributed by atoms with Crippen LogP contribution in [0.3, 0.4) is 0 Å². The minimum atomic E-state index is -3.54. The molecular weight excluding hydrogens is 358 g/mol. The molecule has 2 N–H and O–H groups in total. The van der Waals surface area contributed by atoms with Crippen molar-refractivity contribution in [3.05, 3.63) is 22.9 Å². The fraction of sp³-hybridized carbons (Fsp3) is 0.462. The quantitative estimate of drug-likeness (QED) is 0.812. The van der Waals surface area contributed by atoms with Crippen molar-refractivity contribution in [2.45, 2.75) is 20.0 Å². The van der Waals surface area contributed by atoms with E-state index in [1.54, 1.807) is 12.4 Å². The van der Waals surface area contributed by atoms with Crippen molar-refractivity contribution in [2.24, 2.45) is 5.92 Å². The number of methoxy groups -OCH3 is 1. The van der Waals surface area contributed by atoms with Crippen LogP contribution >= 0.6 is 15.9 Å². The van der Waals surface area contributed by atoms with E-state index in [9.17, 15) is 8.42 Å². The summed E-state index contributed by atoms with van der Waals surface area (Å²) in [6.07, 6.45) is 3.00. The molecule has 2 heterocycles. The van der Waals surface area contributed by atoms with Crippen LogP contribution in [0.15, 0.2) is 22.9 Å². The molecule has 0 saturated heterocycles. The van der Waals surface area contributed by atoms with Gasteiger partial charge in [-0.15, -0.1) is 0 Å². The van der Waals surface area contributed by atoms with E-state index in [2.05, 4.69) is 30.6 Å². The molecule has 0 aliphatic heterocycles. The number of hydrogen-bond acceptors (Lipinski definition) is 4. The largest absolute Gasteiger partial charge is 0.380 e. The zero-order chi connectivity index (χ0) is 15.6. The fourth-order valence-electron chi connectivity index (χ4n) is 2.00. The van der Waals surface area contributed by atoms with Crippen molar-refractivity contribution in [1.82, 2.24) is 9.97 Å². The van der Waals surface area contributed by atoms with Crippen LogP contribution in [0.4, 0.5) is 5.82 Å². The van der Waals surface area contributed by atoms with Gasteiger partial charge in [-0.2, -0.15) is 0 Å². The summed E-state index contributed by atoms with van der Waals surface area (Å²) in [6.45, 7) is 3.84. The molecule has 0 saturated carbocycles. The van der Waals surface area contributed by atoms with Crippen LogP contribution in [0.2, 0.25) is 0 Å². The van der Waals surface area contributed by atoms with Crippen LogP contribution in [-0.4, -0.2) is 37.4 Å². The molecule has 0 unspecified atom stereocenters. The topological polar surface area (TPSA) is 84.1 Å². The molecule has 0 bridgehead atoms. The number of H-pyrrole nitrogens is 1. The number of pyridine rings is 1. The van der Waals surface area contributed by atoms with Gasteiger partial charge in [0.05, 0.1) is 28.0 Å². The highest BCUT2D eigenvalue weighted by Crippen LogP contribution is 2.29. The number of rotatable bonds is 6. The lowest BCUT2D eigenvalue weighted by atomic mass is 10.1. The van der Waals surface area contributed by atoms with Gasteiger partial charge >= 0.3 is 0 Å². The minimum absolute atomic E-state index is 0.107. The van der Waals surface area contributed by atoms with Crippen LogP contribution in [0.5, 0.6) is 0 Å². The third kappa shape index (κ3) is 3.75. The molecule has 2 rings (SSSR count). The van der Waals surface area contributed by atoms with Crippen molar-refractivity contribution < 1.29 is 13.2 Å². The second-order valence-electron chi connectivity index (χ2n) is 5.13. The highest BCUT2D eigenvalue weighted by atomic mass is 79.9. The summed E-state index contributed by atoms with van der Waals surface area (Å²) in [4.78, 5) is 7.15. The standard InChI is InChI=1S/C13H18BrN3O3S/c1-8(2)11(20-3)7-21(18,19)17-13-12(14)9-4-5-15-10(9)6-16-13/h4-6,8,11,15H,7H2,1-3H3,(H,16,17)/t11-/m0/s1. The van der Waals surface area contributed by atoms with Crippen molar-refractivity contribution in [1.29, 1.82) is 0 Å². The van der Waals surface area contributed by atoms with Gasteiger partial charge in [-0.3, -0.25) is 4.72 Å². The van der Waals surface area contributed by atoms with E-state index in [0.29, 0.717) is 4.47 Å². The Morgan fingerprint density at radius 3 is 2.81 bits per heavy atom. The van der Waals surface area contributed by atoms with Gasteiger partial charge in [0, 0.05) is 18.7 Å². The Kier molecular flexibility index (Phi) is 4.90. The van der Waals surface area contributed by atoms with E-state index in [0.717, 1.165) is 10.9 Å². The third-order valence-corrected chi connectivity index (χ3v) is 5.30. The molecule has 8 heteroatoms. The van der Waals surface area contributed by atoms with Gasteiger partial charge in [0.25, 0.3) is 0 Å². The number of nitrogens with zero attached hydrogens (tertiary/aromatic N) is 1. The van der Waals surface area contributed by atoms with E-state index in [1.807, 2.05) is 19.9 Å². The maximum atomic E-state index is 12.2. The number of nitrogens with one attached hydrogen (secondary N) is 2. The number of aromatic nitrogens is 2. The van der Waals surface area contributed by atoms with Gasteiger partial charge in [0.2, 0.25) is 10.0 Å². The molecule has 2 aromatic heterocycles. The first-order chi connectivity index (χ1) is 9.84. The Morgan fingerprint density at radius 2 is 2.19 bits per heavy atom. The predicted octanol–water partition coefficient (Wildman–Crippen LogP) is 2.74. The number of fused-ring (bicyclic) bond motifs is 1. The minimum Gasteiger partial charge on any atom is -0.380 e. The Hall–Kier alpha value is -1.12. The van der Waals surface area contributed by atoms with Crippen molar-refractivity contribution in [3.63, 3.8) is 0 Å². The monoisotopic (exact) mass is 375 g/mol. The molecule has 0 fully saturated rings. The maximum absolute atomic E-state index is 12.2. The van der Waals surface area contributed by atoms with Gasteiger partial charge in [0.15, 0.2) is 5.82 Å². The maximum Gasteiger partial charge on any atom is 0.236 e. The zero-order valence-corrected chi connectivity index (χ0v) is 14.5. The predicted molar refractivity (Wildman–Crippen MR) is 86.8 cm³/mol. The smallest absolute Gasteiger partial charge is 0.236 e. The highest BCUT2D eigenvalue weighted by molar-refractivity contribution is 9.10. The Morgan fingerprint density at radius 1 is 1.48 bits per heavy atom. The van der Waals surface area contributed by atoms with Crippen LogP contribution in [-0.2, 0) is 14.8 Å². The summed E-state index contributed by atoms with van der Waals surface area (Å²) in [7, 11) is -2.03. The molecule has 0 aromatic carbocycles. The lowest BCUT2D eigenvalue weighted by Crippen LogP contribution is -2.31. The molecule has 0 radical (unpaired) electrons. The third-order valence-electron chi connectivity index (χ3n) is 3.23. The lowest BCUT2D eigenvalue weighted by molar-refractivity contribution is 0.0829. The molecule has 2 aromatic rings. The summed E-state index contributed by atoms with van der Waals surface area (Å²) in [5.74, 6) is 0.274. The van der Waals surface area contributed by atoms with Gasteiger partial charge in [-0.1, -0.05) is 13.8 Å². The lowest BCUT2D eigenvalue weighted by Gasteiger charge is -2.19. The second kappa shape index (κ2) is 6.33. The normalized spacial score (nSPS) is 13.8. The van der Waals surface area contributed by atoms with Gasteiger partial charge in [-0.05, 0) is 27.9 Å². The first-order valence-corrected chi connectivity index (χ1v) is 8.93. The van der Waals surface area contributed by atoms with Crippen LogP contribution < -0.4 is 4.72 Å². The SMILES string of the molecule is CO[C@@H](CS(=O)(=O)Nc1ncc2[nH]ccc2c1Br)C(C)C. The van der Waals surface area contributed by atoms with E-state index >= 15 is 0 Å². The molecule has 0 spiro atoms. The van der Waals surface area contributed by atoms with Crippen molar-refractivity contribution >= 4 is 42.7 Å². The zero-order valence-electron chi connectivity index (χ0n) is 12.1. The number of sulfonamides is 1. The number of ether oxygens (including phenoxy) is 1. The van der Waals surface area contributed by atoms with Gasteiger partial charge in [-0.25, -0.2) is 13.4 Å².